The molecule has 0 aliphatic carbocycles. The molecule has 0 bridgehead atoms. The van der Waals surface area contributed by atoms with E-state index in [0.29, 0.717) is 5.92 Å². The van der Waals surface area contributed by atoms with Gasteiger partial charge in [0, 0.05) is 40.4 Å². The van der Waals surface area contributed by atoms with Crippen molar-refractivity contribution in [2.75, 3.05) is 40.4 Å². The number of rotatable bonds is 7. The minimum absolute atomic E-state index is 0. The Hall–Kier alpha value is -0.820. The first-order valence-electron chi connectivity index (χ1n) is 9.25. The number of ether oxygens (including phenoxy) is 1. The maximum absolute atomic E-state index is 5.44. The smallest absolute Gasteiger partial charge is 0.193 e. The van der Waals surface area contributed by atoms with Crippen molar-refractivity contribution in [1.29, 1.82) is 0 Å². The summed E-state index contributed by atoms with van der Waals surface area (Å²) < 4.78 is 5.44. The standard InChI is InChI=1S/C20H33N3O.HI/c1-17(19-7-5-4-6-8-19)9-13-22-20(21-2)23(3)14-10-18-11-15-24-16-12-18;/h4-8,17-18H,9-16H2,1-3H3,(H,21,22);1H. The van der Waals surface area contributed by atoms with Gasteiger partial charge in [-0.2, -0.15) is 0 Å². The number of aliphatic imine (C=N–C) groups is 1. The van der Waals surface area contributed by atoms with Gasteiger partial charge in [0.2, 0.25) is 0 Å². The largest absolute Gasteiger partial charge is 0.381 e. The van der Waals surface area contributed by atoms with Gasteiger partial charge >= 0.3 is 0 Å². The highest BCUT2D eigenvalue weighted by Gasteiger charge is 2.15. The van der Waals surface area contributed by atoms with E-state index in [1.807, 2.05) is 7.05 Å². The molecule has 1 aromatic rings. The monoisotopic (exact) mass is 459 g/mol. The fraction of sp³-hybridized carbons (Fsp3) is 0.650. The van der Waals surface area contributed by atoms with Gasteiger partial charge in [0.15, 0.2) is 5.96 Å². The fourth-order valence-electron chi connectivity index (χ4n) is 3.25. The van der Waals surface area contributed by atoms with Crippen molar-refractivity contribution in [2.45, 2.75) is 38.5 Å². The first-order valence-corrected chi connectivity index (χ1v) is 9.25. The first kappa shape index (κ1) is 22.2. The van der Waals surface area contributed by atoms with Gasteiger partial charge in [-0.15, -0.1) is 24.0 Å². The summed E-state index contributed by atoms with van der Waals surface area (Å²) in [6.45, 7) is 6.15. The minimum atomic E-state index is 0. The molecular formula is C20H34IN3O. The van der Waals surface area contributed by atoms with Gasteiger partial charge in [0.25, 0.3) is 0 Å². The van der Waals surface area contributed by atoms with Crippen LogP contribution in [0.4, 0.5) is 0 Å². The first-order chi connectivity index (χ1) is 11.7. The van der Waals surface area contributed by atoms with Crippen LogP contribution in [0, 0.1) is 5.92 Å². The molecule has 0 saturated carbocycles. The summed E-state index contributed by atoms with van der Waals surface area (Å²) >= 11 is 0. The Kier molecular flexibility index (Phi) is 11.1. The van der Waals surface area contributed by atoms with Crippen molar-refractivity contribution in [3.05, 3.63) is 35.9 Å². The summed E-state index contributed by atoms with van der Waals surface area (Å²) in [4.78, 5) is 6.68. The highest BCUT2D eigenvalue weighted by Crippen LogP contribution is 2.19. The lowest BCUT2D eigenvalue weighted by Gasteiger charge is -2.27. The quantitative estimate of drug-likeness (QED) is 0.379. The van der Waals surface area contributed by atoms with Gasteiger partial charge in [-0.05, 0) is 43.1 Å². The zero-order chi connectivity index (χ0) is 17.2. The summed E-state index contributed by atoms with van der Waals surface area (Å²) in [6, 6.07) is 10.7. The molecule has 1 heterocycles. The molecule has 25 heavy (non-hydrogen) atoms. The van der Waals surface area contributed by atoms with Crippen molar-refractivity contribution in [1.82, 2.24) is 10.2 Å². The van der Waals surface area contributed by atoms with Crippen LogP contribution in [0.3, 0.4) is 0 Å². The molecule has 0 spiro atoms. The molecule has 1 aliphatic heterocycles. The predicted molar refractivity (Wildman–Crippen MR) is 117 cm³/mol. The van der Waals surface area contributed by atoms with Gasteiger partial charge in [-0.25, -0.2) is 0 Å². The molecule has 142 valence electrons. The molecule has 1 fully saturated rings. The molecule has 5 heteroatoms. The summed E-state index contributed by atoms with van der Waals surface area (Å²) in [5.74, 6) is 2.36. The number of benzene rings is 1. The van der Waals surface area contributed by atoms with Crippen molar-refractivity contribution in [3.63, 3.8) is 0 Å². The van der Waals surface area contributed by atoms with Gasteiger partial charge in [0.1, 0.15) is 0 Å². The van der Waals surface area contributed by atoms with Crippen molar-refractivity contribution < 1.29 is 4.74 Å². The van der Waals surface area contributed by atoms with Gasteiger partial charge < -0.3 is 15.0 Å². The van der Waals surface area contributed by atoms with Crippen LogP contribution in [-0.2, 0) is 4.74 Å². The average molecular weight is 459 g/mol. The van der Waals surface area contributed by atoms with E-state index in [2.05, 4.69) is 59.5 Å². The number of nitrogens with zero attached hydrogens (tertiary/aromatic N) is 2. The second kappa shape index (κ2) is 12.5. The van der Waals surface area contributed by atoms with Gasteiger partial charge in [-0.3, -0.25) is 4.99 Å². The Morgan fingerprint density at radius 1 is 1.28 bits per heavy atom. The van der Waals surface area contributed by atoms with Crippen LogP contribution in [0.5, 0.6) is 0 Å². The van der Waals surface area contributed by atoms with Crippen LogP contribution >= 0.6 is 24.0 Å². The van der Waals surface area contributed by atoms with E-state index in [0.717, 1.165) is 44.6 Å². The average Bonchev–Trinajstić information content (AvgIpc) is 2.64. The lowest BCUT2D eigenvalue weighted by molar-refractivity contribution is 0.0625. The Bertz CT molecular complexity index is 489. The van der Waals surface area contributed by atoms with Crippen LogP contribution in [0.1, 0.15) is 44.1 Å². The second-order valence-corrected chi connectivity index (χ2v) is 6.84. The highest BCUT2D eigenvalue weighted by molar-refractivity contribution is 14.0. The van der Waals surface area contributed by atoms with Crippen LogP contribution in [0.2, 0.25) is 0 Å². The number of hydrogen-bond acceptors (Lipinski definition) is 2. The zero-order valence-corrected chi connectivity index (χ0v) is 18.2. The van der Waals surface area contributed by atoms with Crippen molar-refractivity contribution in [3.8, 4) is 0 Å². The van der Waals surface area contributed by atoms with E-state index in [4.69, 9.17) is 4.74 Å². The Labute approximate surface area is 170 Å². The minimum Gasteiger partial charge on any atom is -0.381 e. The highest BCUT2D eigenvalue weighted by atomic mass is 127. The van der Waals surface area contributed by atoms with E-state index in [1.54, 1.807) is 0 Å². The molecule has 4 nitrogen and oxygen atoms in total. The third kappa shape index (κ3) is 7.94. The maximum Gasteiger partial charge on any atom is 0.193 e. The van der Waals surface area contributed by atoms with Crippen LogP contribution in [0.25, 0.3) is 0 Å². The Morgan fingerprint density at radius 3 is 2.60 bits per heavy atom. The van der Waals surface area contributed by atoms with Gasteiger partial charge in [-0.1, -0.05) is 37.3 Å². The molecule has 1 unspecified atom stereocenters. The molecule has 1 atom stereocenters. The maximum atomic E-state index is 5.44. The molecule has 2 rings (SSSR count). The topological polar surface area (TPSA) is 36.9 Å². The third-order valence-electron chi connectivity index (χ3n) is 5.02. The number of hydrogen-bond donors (Lipinski definition) is 1. The number of guanidine groups is 1. The van der Waals surface area contributed by atoms with E-state index in [1.165, 1.54) is 24.8 Å². The molecule has 0 amide bonds. The summed E-state index contributed by atoms with van der Waals surface area (Å²) in [5.41, 5.74) is 1.40. The molecular weight excluding hydrogens is 425 g/mol. The van der Waals surface area contributed by atoms with Crippen LogP contribution < -0.4 is 5.32 Å². The molecule has 1 N–H and O–H groups in total. The SMILES string of the molecule is CN=C(NCCC(C)c1ccccc1)N(C)CCC1CCOCC1.I. The van der Waals surface area contributed by atoms with Gasteiger partial charge in [0.05, 0.1) is 0 Å². The predicted octanol–water partition coefficient (Wildman–Crippen LogP) is 4.12. The molecule has 1 aliphatic rings. The summed E-state index contributed by atoms with van der Waals surface area (Å²) in [7, 11) is 4.00. The fourth-order valence-corrected chi connectivity index (χ4v) is 3.25. The van der Waals surface area contributed by atoms with E-state index >= 15 is 0 Å². The van der Waals surface area contributed by atoms with Crippen molar-refractivity contribution in [2.24, 2.45) is 10.9 Å². The molecule has 0 aromatic heterocycles. The lowest BCUT2D eigenvalue weighted by Crippen LogP contribution is -2.40. The van der Waals surface area contributed by atoms with E-state index in [-0.39, 0.29) is 24.0 Å². The normalized spacial score (nSPS) is 16.8. The third-order valence-corrected chi connectivity index (χ3v) is 5.02. The second-order valence-electron chi connectivity index (χ2n) is 6.84. The summed E-state index contributed by atoms with van der Waals surface area (Å²) in [5, 5.41) is 3.51. The summed E-state index contributed by atoms with van der Waals surface area (Å²) in [6.07, 6.45) is 4.74. The molecule has 1 aromatic carbocycles. The van der Waals surface area contributed by atoms with Crippen molar-refractivity contribution >= 4 is 29.9 Å². The molecule has 1 saturated heterocycles. The Morgan fingerprint density at radius 2 is 1.96 bits per heavy atom. The number of halogens is 1. The number of nitrogens with one attached hydrogen (secondary N) is 1. The van der Waals surface area contributed by atoms with E-state index in [9.17, 15) is 0 Å². The van der Waals surface area contributed by atoms with Crippen LogP contribution in [-0.4, -0.2) is 51.3 Å². The van der Waals surface area contributed by atoms with Crippen LogP contribution in [0.15, 0.2) is 35.3 Å². The Balaban J connectivity index is 0.00000312. The van der Waals surface area contributed by atoms with E-state index < -0.39 is 0 Å². The molecule has 0 radical (unpaired) electrons. The zero-order valence-electron chi connectivity index (χ0n) is 15.9. The lowest BCUT2D eigenvalue weighted by atomic mass is 9.96.